The maximum atomic E-state index is 12.1. The predicted molar refractivity (Wildman–Crippen MR) is 101 cm³/mol. The SMILES string of the molecule is CCc1ccc(NC(=O)CCN(C)CCN2CCCCC2C)cc1. The van der Waals surface area contributed by atoms with Crippen molar-refractivity contribution in [3.63, 3.8) is 0 Å². The zero-order valence-electron chi connectivity index (χ0n) is 15.6. The van der Waals surface area contributed by atoms with Crippen LogP contribution in [0.25, 0.3) is 0 Å². The van der Waals surface area contributed by atoms with E-state index in [1.807, 2.05) is 12.1 Å². The van der Waals surface area contributed by atoms with E-state index in [1.165, 1.54) is 31.4 Å². The highest BCUT2D eigenvalue weighted by Gasteiger charge is 2.18. The molecule has 1 fully saturated rings. The summed E-state index contributed by atoms with van der Waals surface area (Å²) in [6, 6.07) is 8.82. The van der Waals surface area contributed by atoms with Crippen LogP contribution in [0, 0.1) is 0 Å². The van der Waals surface area contributed by atoms with Crippen LogP contribution in [0.15, 0.2) is 24.3 Å². The molecule has 1 aliphatic heterocycles. The average molecular weight is 332 g/mol. The van der Waals surface area contributed by atoms with E-state index in [2.05, 4.69) is 48.1 Å². The first kappa shape index (κ1) is 18.9. The van der Waals surface area contributed by atoms with E-state index in [1.54, 1.807) is 0 Å². The molecule has 1 aromatic carbocycles. The molecule has 1 atom stereocenters. The minimum absolute atomic E-state index is 0.0949. The zero-order chi connectivity index (χ0) is 17.4. The van der Waals surface area contributed by atoms with Crippen LogP contribution in [0.3, 0.4) is 0 Å². The molecule has 4 heteroatoms. The number of carbonyl (C=O) groups is 1. The fraction of sp³-hybridized carbons (Fsp3) is 0.650. The van der Waals surface area contributed by atoms with Crippen LogP contribution in [0.5, 0.6) is 0 Å². The van der Waals surface area contributed by atoms with E-state index in [9.17, 15) is 4.79 Å². The topological polar surface area (TPSA) is 35.6 Å². The van der Waals surface area contributed by atoms with Crippen molar-refractivity contribution in [3.05, 3.63) is 29.8 Å². The van der Waals surface area contributed by atoms with Crippen LogP contribution < -0.4 is 5.32 Å². The molecule has 4 nitrogen and oxygen atoms in total. The first-order valence-electron chi connectivity index (χ1n) is 9.40. The molecule has 2 rings (SSSR count). The number of hydrogen-bond acceptors (Lipinski definition) is 3. The van der Waals surface area contributed by atoms with Gasteiger partial charge in [-0.1, -0.05) is 25.5 Å². The van der Waals surface area contributed by atoms with Crippen LogP contribution in [0.1, 0.15) is 45.1 Å². The predicted octanol–water partition coefficient (Wildman–Crippen LogP) is 3.38. The van der Waals surface area contributed by atoms with Crippen LogP contribution in [-0.4, -0.2) is 55.0 Å². The first-order valence-corrected chi connectivity index (χ1v) is 9.40. The number of likely N-dealkylation sites (N-methyl/N-ethyl adjacent to an activating group) is 1. The minimum Gasteiger partial charge on any atom is -0.326 e. The largest absolute Gasteiger partial charge is 0.326 e. The molecule has 0 aromatic heterocycles. The van der Waals surface area contributed by atoms with E-state index in [0.717, 1.165) is 31.7 Å². The number of benzene rings is 1. The van der Waals surface area contributed by atoms with E-state index < -0.39 is 0 Å². The third-order valence-electron chi connectivity index (χ3n) is 5.08. The molecule has 24 heavy (non-hydrogen) atoms. The molecule has 0 spiro atoms. The molecule has 1 amide bonds. The highest BCUT2D eigenvalue weighted by atomic mass is 16.1. The molecule has 1 aromatic rings. The highest BCUT2D eigenvalue weighted by molar-refractivity contribution is 5.90. The summed E-state index contributed by atoms with van der Waals surface area (Å²) in [6.07, 6.45) is 5.58. The van der Waals surface area contributed by atoms with Gasteiger partial charge in [0.1, 0.15) is 0 Å². The van der Waals surface area contributed by atoms with Gasteiger partial charge in [-0.15, -0.1) is 0 Å². The van der Waals surface area contributed by atoms with Crippen LogP contribution in [-0.2, 0) is 11.2 Å². The van der Waals surface area contributed by atoms with Gasteiger partial charge in [0, 0.05) is 37.8 Å². The summed E-state index contributed by atoms with van der Waals surface area (Å²) >= 11 is 0. The third-order valence-corrected chi connectivity index (χ3v) is 5.08. The monoisotopic (exact) mass is 331 g/mol. The Balaban J connectivity index is 1.65. The lowest BCUT2D eigenvalue weighted by atomic mass is 10.0. The van der Waals surface area contributed by atoms with Crippen molar-refractivity contribution in [2.75, 3.05) is 38.5 Å². The standard InChI is InChI=1S/C20H33N3O/c1-4-18-8-10-19(11-9-18)21-20(24)12-14-22(3)15-16-23-13-6-5-7-17(23)2/h8-11,17H,4-7,12-16H2,1-3H3,(H,21,24). The van der Waals surface area contributed by atoms with E-state index in [4.69, 9.17) is 0 Å². The van der Waals surface area contributed by atoms with Crippen LogP contribution >= 0.6 is 0 Å². The molecule has 0 saturated carbocycles. The van der Waals surface area contributed by atoms with Gasteiger partial charge in [-0.25, -0.2) is 0 Å². The number of nitrogens with zero attached hydrogens (tertiary/aromatic N) is 2. The number of likely N-dealkylation sites (tertiary alicyclic amines) is 1. The molecule has 1 saturated heterocycles. The Bertz CT molecular complexity index is 500. The molecule has 1 aliphatic rings. The highest BCUT2D eigenvalue weighted by Crippen LogP contribution is 2.15. The number of piperidine rings is 1. The van der Waals surface area contributed by atoms with E-state index >= 15 is 0 Å². The van der Waals surface area contributed by atoms with Crippen molar-refractivity contribution in [1.82, 2.24) is 9.80 Å². The number of nitrogens with one attached hydrogen (secondary N) is 1. The molecule has 1 N–H and O–H groups in total. The van der Waals surface area contributed by atoms with Crippen molar-refractivity contribution in [2.45, 2.75) is 52.0 Å². The number of hydrogen-bond donors (Lipinski definition) is 1. The van der Waals surface area contributed by atoms with E-state index in [0.29, 0.717) is 12.5 Å². The van der Waals surface area contributed by atoms with Crippen LogP contribution in [0.2, 0.25) is 0 Å². The minimum atomic E-state index is 0.0949. The molecule has 0 radical (unpaired) electrons. The molecular weight excluding hydrogens is 298 g/mol. The Morgan fingerprint density at radius 1 is 1.25 bits per heavy atom. The van der Waals surface area contributed by atoms with Crippen molar-refractivity contribution in [1.29, 1.82) is 0 Å². The summed E-state index contributed by atoms with van der Waals surface area (Å²) in [6.45, 7) is 8.63. The van der Waals surface area contributed by atoms with Gasteiger partial charge in [-0.3, -0.25) is 9.69 Å². The second-order valence-electron chi connectivity index (χ2n) is 7.03. The Labute approximate surface area is 147 Å². The molecule has 0 bridgehead atoms. The van der Waals surface area contributed by atoms with Crippen molar-refractivity contribution >= 4 is 11.6 Å². The average Bonchev–Trinajstić information content (AvgIpc) is 2.60. The molecule has 0 aliphatic carbocycles. The van der Waals surface area contributed by atoms with Crippen LogP contribution in [0.4, 0.5) is 5.69 Å². The molecule has 1 unspecified atom stereocenters. The number of carbonyl (C=O) groups excluding carboxylic acids is 1. The summed E-state index contributed by atoms with van der Waals surface area (Å²) in [5, 5.41) is 2.99. The Morgan fingerprint density at radius 3 is 2.67 bits per heavy atom. The summed E-state index contributed by atoms with van der Waals surface area (Å²) in [5.74, 6) is 0.0949. The summed E-state index contributed by atoms with van der Waals surface area (Å²) in [7, 11) is 2.11. The second-order valence-corrected chi connectivity index (χ2v) is 7.03. The van der Waals surface area contributed by atoms with Crippen molar-refractivity contribution < 1.29 is 4.79 Å². The van der Waals surface area contributed by atoms with Gasteiger partial charge in [0.15, 0.2) is 0 Å². The Kier molecular flexibility index (Phi) is 7.73. The number of aryl methyl sites for hydroxylation is 1. The first-order chi connectivity index (χ1) is 11.6. The third kappa shape index (κ3) is 6.25. The van der Waals surface area contributed by atoms with Gasteiger partial charge in [0.05, 0.1) is 0 Å². The maximum absolute atomic E-state index is 12.1. The van der Waals surface area contributed by atoms with Crippen molar-refractivity contribution in [3.8, 4) is 0 Å². The lowest BCUT2D eigenvalue weighted by Crippen LogP contribution is -2.42. The van der Waals surface area contributed by atoms with E-state index in [-0.39, 0.29) is 5.91 Å². The Morgan fingerprint density at radius 2 is 2.00 bits per heavy atom. The summed E-state index contributed by atoms with van der Waals surface area (Å²) in [4.78, 5) is 16.9. The second kappa shape index (κ2) is 9.80. The van der Waals surface area contributed by atoms with Gasteiger partial charge in [0.25, 0.3) is 0 Å². The van der Waals surface area contributed by atoms with Gasteiger partial charge in [-0.2, -0.15) is 0 Å². The fourth-order valence-electron chi connectivity index (χ4n) is 3.24. The summed E-state index contributed by atoms with van der Waals surface area (Å²) in [5.41, 5.74) is 2.18. The lowest BCUT2D eigenvalue weighted by molar-refractivity contribution is -0.116. The molecule has 1 heterocycles. The number of anilines is 1. The summed E-state index contributed by atoms with van der Waals surface area (Å²) < 4.78 is 0. The lowest BCUT2D eigenvalue weighted by Gasteiger charge is -2.34. The van der Waals surface area contributed by atoms with Gasteiger partial charge >= 0.3 is 0 Å². The fourth-order valence-corrected chi connectivity index (χ4v) is 3.24. The maximum Gasteiger partial charge on any atom is 0.225 e. The van der Waals surface area contributed by atoms with Gasteiger partial charge < -0.3 is 10.2 Å². The zero-order valence-corrected chi connectivity index (χ0v) is 15.6. The number of rotatable bonds is 8. The quantitative estimate of drug-likeness (QED) is 0.793. The molecule has 134 valence electrons. The number of amides is 1. The van der Waals surface area contributed by atoms with Crippen molar-refractivity contribution in [2.24, 2.45) is 0 Å². The van der Waals surface area contributed by atoms with Gasteiger partial charge in [0.2, 0.25) is 5.91 Å². The Hall–Kier alpha value is -1.39. The van der Waals surface area contributed by atoms with Gasteiger partial charge in [-0.05, 0) is 57.5 Å². The smallest absolute Gasteiger partial charge is 0.225 e. The normalized spacial score (nSPS) is 18.8. The molecular formula is C20H33N3O.